The van der Waals surface area contributed by atoms with Crippen LogP contribution in [0.1, 0.15) is 66.2 Å². The molecule has 0 aliphatic rings. The van der Waals surface area contributed by atoms with Gasteiger partial charge in [-0.3, -0.25) is 0 Å². The predicted octanol–water partition coefficient (Wildman–Crippen LogP) is 3.91. The molecule has 0 fully saturated rings. The van der Waals surface area contributed by atoms with Gasteiger partial charge in [-0.25, -0.2) is 19.2 Å². The summed E-state index contributed by atoms with van der Waals surface area (Å²) in [7, 11) is 1.70. The fourth-order valence-electron chi connectivity index (χ4n) is 2.40. The number of aliphatic hydroxyl groups excluding tert-OH is 2. The van der Waals surface area contributed by atoms with Crippen molar-refractivity contribution >= 4 is 23.9 Å². The van der Waals surface area contributed by atoms with Crippen LogP contribution in [0.3, 0.4) is 0 Å². The van der Waals surface area contributed by atoms with Crippen molar-refractivity contribution in [3.63, 3.8) is 0 Å². The minimum absolute atomic E-state index is 0.00762. The van der Waals surface area contributed by atoms with Gasteiger partial charge >= 0.3 is 41.6 Å². The van der Waals surface area contributed by atoms with E-state index < -0.39 is 60.0 Å². The molecule has 0 spiro atoms. The number of ether oxygens (including phenoxy) is 3. The molecule has 3 N–H and O–H groups in total. The molecule has 0 rings (SSSR count). The first-order chi connectivity index (χ1) is 18.2. The SMILES string of the molecule is C=C(C)C(=O)OC(CCC)C(F)(F)C(=O)OC.CCCC(O)C(F)(F)C(=O)O.CCCC(O)C(F)(F)C(=O)OC. The Hall–Kier alpha value is -2.88. The summed E-state index contributed by atoms with van der Waals surface area (Å²) >= 11 is 0. The van der Waals surface area contributed by atoms with Crippen LogP contribution < -0.4 is 0 Å². The van der Waals surface area contributed by atoms with Crippen LogP contribution in [0.5, 0.6) is 0 Å². The molecule has 0 radical (unpaired) electrons. The Balaban J connectivity index is -0.000000530. The van der Waals surface area contributed by atoms with E-state index in [1.54, 1.807) is 20.8 Å². The standard InChI is InChI=1S/C11H16F2O4.C7H12F2O3.C6H10F2O3/c1-5-6-8(17-9(14)7(2)3)11(12,13)10(15)16-4;1-3-4-5(10)7(8,9)6(11)12-2;1-2-3-4(9)6(7,8)5(10)11/h8H,2,5-6H2,1,3-4H3;5,10H,3-4H2,1-2H3;4,9H,2-3H2,1H3,(H,10,11). The largest absolute Gasteiger partial charge is 0.477 e. The van der Waals surface area contributed by atoms with E-state index >= 15 is 0 Å². The van der Waals surface area contributed by atoms with E-state index in [0.717, 1.165) is 14.2 Å². The number of carboxylic acids is 1. The van der Waals surface area contributed by atoms with Gasteiger partial charge in [-0.2, -0.15) is 26.3 Å². The van der Waals surface area contributed by atoms with Gasteiger partial charge in [-0.05, 0) is 26.2 Å². The number of esters is 3. The third kappa shape index (κ3) is 14.0. The van der Waals surface area contributed by atoms with E-state index in [2.05, 4.69) is 20.8 Å². The normalized spacial score (nSPS) is 13.7. The number of carbonyl (C=O) groups is 4. The van der Waals surface area contributed by atoms with E-state index in [1.165, 1.54) is 6.92 Å². The van der Waals surface area contributed by atoms with Crippen LogP contribution in [0.25, 0.3) is 0 Å². The Bertz CT molecular complexity index is 820. The van der Waals surface area contributed by atoms with Gasteiger partial charge < -0.3 is 29.5 Å². The number of methoxy groups -OCH3 is 2. The molecule has 40 heavy (non-hydrogen) atoms. The zero-order valence-corrected chi connectivity index (χ0v) is 23.1. The second kappa shape index (κ2) is 19.2. The molecule has 0 aliphatic carbocycles. The van der Waals surface area contributed by atoms with Crippen molar-refractivity contribution in [2.24, 2.45) is 0 Å². The van der Waals surface area contributed by atoms with Gasteiger partial charge in [0, 0.05) is 5.57 Å². The Labute approximate surface area is 228 Å². The maximum Gasteiger partial charge on any atom is 0.380 e. The average Bonchev–Trinajstić information content (AvgIpc) is 2.87. The highest BCUT2D eigenvalue weighted by atomic mass is 19.3. The molecular formula is C24H38F6O10. The summed E-state index contributed by atoms with van der Waals surface area (Å²) in [5, 5.41) is 25.4. The van der Waals surface area contributed by atoms with Crippen molar-refractivity contribution in [2.45, 2.75) is 102 Å². The van der Waals surface area contributed by atoms with Crippen LogP contribution in [-0.4, -0.2) is 89.5 Å². The summed E-state index contributed by atoms with van der Waals surface area (Å²) in [6.07, 6.45) is -5.29. The minimum atomic E-state index is -4.02. The smallest absolute Gasteiger partial charge is 0.380 e. The Kier molecular flexibility index (Phi) is 20.0. The number of carboxylic acid groups (broad SMARTS) is 1. The zero-order valence-electron chi connectivity index (χ0n) is 23.1. The van der Waals surface area contributed by atoms with Gasteiger partial charge in [0.2, 0.25) is 0 Å². The molecule has 3 atom stereocenters. The number of hydrogen-bond acceptors (Lipinski definition) is 9. The summed E-state index contributed by atoms with van der Waals surface area (Å²) in [4.78, 5) is 42.3. The number of aliphatic hydroxyl groups is 2. The molecule has 0 aliphatic heterocycles. The van der Waals surface area contributed by atoms with Gasteiger partial charge in [0.05, 0.1) is 14.2 Å². The van der Waals surface area contributed by atoms with Crippen molar-refractivity contribution in [3.05, 3.63) is 12.2 Å². The topological polar surface area (TPSA) is 157 Å². The van der Waals surface area contributed by atoms with E-state index in [1.807, 2.05) is 0 Å². The van der Waals surface area contributed by atoms with Gasteiger partial charge in [-0.1, -0.05) is 46.6 Å². The average molecular weight is 601 g/mol. The summed E-state index contributed by atoms with van der Waals surface area (Å²) in [5.41, 5.74) is -0.00762. The maximum absolute atomic E-state index is 13.5. The number of rotatable bonds is 14. The third-order valence-electron chi connectivity index (χ3n) is 4.71. The molecule has 10 nitrogen and oxygen atoms in total. The monoisotopic (exact) mass is 600 g/mol. The van der Waals surface area contributed by atoms with E-state index in [9.17, 15) is 45.5 Å². The molecule has 16 heteroatoms. The lowest BCUT2D eigenvalue weighted by Gasteiger charge is -2.24. The minimum Gasteiger partial charge on any atom is -0.477 e. The number of alkyl halides is 6. The van der Waals surface area contributed by atoms with Crippen molar-refractivity contribution < 1.29 is 75.1 Å². The Morgan fingerprint density at radius 1 is 0.725 bits per heavy atom. The molecule has 0 aromatic carbocycles. The Morgan fingerprint density at radius 2 is 1.07 bits per heavy atom. The first kappa shape index (κ1) is 41.6. The molecule has 0 aromatic rings. The molecule has 0 saturated carbocycles. The van der Waals surface area contributed by atoms with Crippen LogP contribution in [0.4, 0.5) is 26.3 Å². The fourth-order valence-corrected chi connectivity index (χ4v) is 2.40. The van der Waals surface area contributed by atoms with Gasteiger partial charge in [0.25, 0.3) is 0 Å². The highest BCUT2D eigenvalue weighted by Crippen LogP contribution is 2.27. The van der Waals surface area contributed by atoms with Crippen molar-refractivity contribution in [3.8, 4) is 0 Å². The molecule has 3 unspecified atom stereocenters. The van der Waals surface area contributed by atoms with E-state index in [0.29, 0.717) is 19.3 Å². The van der Waals surface area contributed by atoms with Crippen molar-refractivity contribution in [1.82, 2.24) is 0 Å². The highest BCUT2D eigenvalue weighted by Gasteiger charge is 2.51. The third-order valence-corrected chi connectivity index (χ3v) is 4.71. The lowest BCUT2D eigenvalue weighted by Crippen LogP contribution is -2.45. The molecule has 0 heterocycles. The summed E-state index contributed by atoms with van der Waals surface area (Å²) < 4.78 is 89.3. The van der Waals surface area contributed by atoms with Crippen molar-refractivity contribution in [2.75, 3.05) is 14.2 Å². The second-order valence-electron chi connectivity index (χ2n) is 8.23. The molecular weight excluding hydrogens is 562 g/mol. The first-order valence-corrected chi connectivity index (χ1v) is 11.9. The number of halogens is 6. The van der Waals surface area contributed by atoms with Gasteiger partial charge in [0.15, 0.2) is 6.10 Å². The molecule has 0 aromatic heterocycles. The van der Waals surface area contributed by atoms with E-state index in [4.69, 9.17) is 15.3 Å². The van der Waals surface area contributed by atoms with Gasteiger partial charge in [0.1, 0.15) is 12.2 Å². The summed E-state index contributed by atoms with van der Waals surface area (Å²) in [6.45, 7) is 9.47. The quantitative estimate of drug-likeness (QED) is 0.116. The van der Waals surface area contributed by atoms with Gasteiger partial charge in [-0.15, -0.1) is 0 Å². The molecule has 236 valence electrons. The fraction of sp³-hybridized carbons (Fsp3) is 0.750. The molecule has 0 saturated heterocycles. The zero-order chi connectivity index (χ0) is 32.5. The second-order valence-corrected chi connectivity index (χ2v) is 8.23. The maximum atomic E-state index is 13.5. The lowest BCUT2D eigenvalue weighted by atomic mass is 10.1. The lowest BCUT2D eigenvalue weighted by molar-refractivity contribution is -0.195. The first-order valence-electron chi connectivity index (χ1n) is 11.9. The van der Waals surface area contributed by atoms with Crippen LogP contribution >= 0.6 is 0 Å². The number of hydrogen-bond donors (Lipinski definition) is 3. The van der Waals surface area contributed by atoms with Crippen LogP contribution in [0.2, 0.25) is 0 Å². The molecule has 0 bridgehead atoms. The Morgan fingerprint density at radius 3 is 1.38 bits per heavy atom. The highest BCUT2D eigenvalue weighted by molar-refractivity contribution is 5.87. The molecule has 0 amide bonds. The summed E-state index contributed by atoms with van der Waals surface area (Å²) in [6, 6.07) is 0. The number of aliphatic carboxylic acids is 1. The van der Waals surface area contributed by atoms with Crippen LogP contribution in [0.15, 0.2) is 12.2 Å². The summed E-state index contributed by atoms with van der Waals surface area (Å²) in [5.74, 6) is -18.3. The number of carbonyl (C=O) groups excluding carboxylic acids is 3. The van der Waals surface area contributed by atoms with E-state index in [-0.39, 0.29) is 24.8 Å². The van der Waals surface area contributed by atoms with Crippen molar-refractivity contribution in [1.29, 1.82) is 0 Å². The predicted molar refractivity (Wildman–Crippen MR) is 128 cm³/mol. The van der Waals surface area contributed by atoms with Crippen LogP contribution in [0, 0.1) is 0 Å². The van der Waals surface area contributed by atoms with Crippen LogP contribution in [-0.2, 0) is 33.4 Å².